The fourth-order valence-electron chi connectivity index (χ4n) is 4.65. The van der Waals surface area contributed by atoms with Crippen molar-refractivity contribution in [1.82, 2.24) is 14.5 Å². The standard InChI is InChI=1S/C28H24N4O2S/c1-31(25-12-6-8-20-7-2-3-9-22(20)25)26(33)18-35-28-30-24-11-5-4-10-23(24)27(34)32(28)21-15-13-19(17-29)14-16-21/h2-5,7,9-11,13-16,25H,6,8,12,18H2,1H3. The van der Waals surface area contributed by atoms with Crippen molar-refractivity contribution in [2.45, 2.75) is 30.5 Å². The molecule has 0 spiro atoms. The van der Waals surface area contributed by atoms with Gasteiger partial charge in [-0.25, -0.2) is 4.98 Å². The van der Waals surface area contributed by atoms with Crippen LogP contribution >= 0.6 is 11.8 Å². The third kappa shape index (κ3) is 4.45. The minimum absolute atomic E-state index is 0.00881. The monoisotopic (exact) mass is 480 g/mol. The topological polar surface area (TPSA) is 79.0 Å². The van der Waals surface area contributed by atoms with Gasteiger partial charge in [0.25, 0.3) is 5.56 Å². The summed E-state index contributed by atoms with van der Waals surface area (Å²) in [6.45, 7) is 0. The molecule has 0 radical (unpaired) electrons. The number of nitriles is 1. The molecule has 0 fully saturated rings. The molecule has 1 atom stereocenters. The number of amides is 1. The van der Waals surface area contributed by atoms with Crippen molar-refractivity contribution < 1.29 is 4.79 Å². The first-order valence-electron chi connectivity index (χ1n) is 11.6. The van der Waals surface area contributed by atoms with E-state index in [-0.39, 0.29) is 23.3 Å². The minimum atomic E-state index is -0.204. The summed E-state index contributed by atoms with van der Waals surface area (Å²) in [6.07, 6.45) is 3.03. The van der Waals surface area contributed by atoms with E-state index in [2.05, 4.69) is 18.2 Å². The number of fused-ring (bicyclic) bond motifs is 2. The van der Waals surface area contributed by atoms with Gasteiger partial charge in [-0.1, -0.05) is 48.2 Å². The van der Waals surface area contributed by atoms with Gasteiger partial charge in [-0.3, -0.25) is 14.2 Å². The zero-order valence-corrected chi connectivity index (χ0v) is 20.2. The maximum atomic E-state index is 13.4. The first-order chi connectivity index (χ1) is 17.1. The maximum absolute atomic E-state index is 13.4. The van der Waals surface area contributed by atoms with E-state index in [1.165, 1.54) is 27.5 Å². The second-order valence-electron chi connectivity index (χ2n) is 8.61. The fraction of sp³-hybridized carbons (Fsp3) is 0.214. The van der Waals surface area contributed by atoms with E-state index in [9.17, 15) is 9.59 Å². The molecule has 0 aliphatic heterocycles. The summed E-state index contributed by atoms with van der Waals surface area (Å²) in [6, 6.07) is 24.5. The molecule has 4 aromatic rings. The molecule has 7 heteroatoms. The summed E-state index contributed by atoms with van der Waals surface area (Å²) < 4.78 is 1.53. The lowest BCUT2D eigenvalue weighted by atomic mass is 9.87. The Labute approximate surface area is 207 Å². The number of thioether (sulfide) groups is 1. The summed E-state index contributed by atoms with van der Waals surface area (Å²) in [5, 5.41) is 10.1. The number of hydrogen-bond acceptors (Lipinski definition) is 5. The summed E-state index contributed by atoms with van der Waals surface area (Å²) in [7, 11) is 1.86. The maximum Gasteiger partial charge on any atom is 0.266 e. The Balaban J connectivity index is 1.45. The molecule has 1 heterocycles. The van der Waals surface area contributed by atoms with Crippen LogP contribution in [0.3, 0.4) is 0 Å². The Morgan fingerprint density at radius 1 is 1.11 bits per heavy atom. The van der Waals surface area contributed by atoms with Crippen LogP contribution in [0.25, 0.3) is 16.6 Å². The number of rotatable bonds is 5. The van der Waals surface area contributed by atoms with Crippen LogP contribution in [0.5, 0.6) is 0 Å². The minimum Gasteiger partial charge on any atom is -0.338 e. The van der Waals surface area contributed by atoms with Gasteiger partial charge in [-0.2, -0.15) is 5.26 Å². The van der Waals surface area contributed by atoms with Gasteiger partial charge >= 0.3 is 0 Å². The van der Waals surface area contributed by atoms with Gasteiger partial charge < -0.3 is 4.90 Å². The molecular weight excluding hydrogens is 456 g/mol. The van der Waals surface area contributed by atoms with Gasteiger partial charge in [0.1, 0.15) is 0 Å². The molecule has 1 aromatic heterocycles. The third-order valence-corrected chi connectivity index (χ3v) is 7.45. The van der Waals surface area contributed by atoms with Gasteiger partial charge in [-0.05, 0) is 66.8 Å². The predicted molar refractivity (Wildman–Crippen MR) is 138 cm³/mol. The van der Waals surface area contributed by atoms with Crippen molar-refractivity contribution in [3.63, 3.8) is 0 Å². The Kier molecular flexibility index (Phi) is 6.39. The lowest BCUT2D eigenvalue weighted by Crippen LogP contribution is -2.34. The number of carbonyl (C=O) groups is 1. The van der Waals surface area contributed by atoms with E-state index in [1.54, 1.807) is 36.4 Å². The van der Waals surface area contributed by atoms with Crippen molar-refractivity contribution >= 4 is 28.6 Å². The lowest BCUT2D eigenvalue weighted by Gasteiger charge is -2.33. The molecule has 1 aliphatic carbocycles. The fourth-order valence-corrected chi connectivity index (χ4v) is 5.59. The van der Waals surface area contributed by atoms with E-state index in [4.69, 9.17) is 10.2 Å². The molecule has 0 N–H and O–H groups in total. The number of aryl methyl sites for hydroxylation is 1. The Bertz CT molecular complexity index is 1500. The number of carbonyl (C=O) groups excluding carboxylic acids is 1. The highest BCUT2D eigenvalue weighted by atomic mass is 32.2. The number of aromatic nitrogens is 2. The average molecular weight is 481 g/mol. The largest absolute Gasteiger partial charge is 0.338 e. The van der Waals surface area contributed by atoms with Crippen LogP contribution in [0, 0.1) is 11.3 Å². The summed E-state index contributed by atoms with van der Waals surface area (Å²) in [4.78, 5) is 33.2. The highest BCUT2D eigenvalue weighted by Crippen LogP contribution is 2.34. The van der Waals surface area contributed by atoms with Crippen molar-refractivity contribution in [3.05, 3.63) is 99.8 Å². The smallest absolute Gasteiger partial charge is 0.266 e. The summed E-state index contributed by atoms with van der Waals surface area (Å²) >= 11 is 1.26. The normalized spacial score (nSPS) is 14.8. The molecule has 3 aromatic carbocycles. The van der Waals surface area contributed by atoms with E-state index in [1.807, 2.05) is 36.2 Å². The second kappa shape index (κ2) is 9.77. The third-order valence-electron chi connectivity index (χ3n) is 6.52. The van der Waals surface area contributed by atoms with Gasteiger partial charge in [0, 0.05) is 7.05 Å². The van der Waals surface area contributed by atoms with Crippen LogP contribution in [0.2, 0.25) is 0 Å². The van der Waals surface area contributed by atoms with E-state index < -0.39 is 0 Å². The van der Waals surface area contributed by atoms with Crippen LogP contribution in [0.15, 0.2) is 82.7 Å². The molecule has 0 bridgehead atoms. The zero-order chi connectivity index (χ0) is 24.4. The van der Waals surface area contributed by atoms with E-state index in [0.29, 0.717) is 27.3 Å². The van der Waals surface area contributed by atoms with Crippen LogP contribution in [0.1, 0.15) is 35.6 Å². The van der Waals surface area contributed by atoms with Gasteiger partial charge in [0.15, 0.2) is 5.16 Å². The number of hydrogen-bond donors (Lipinski definition) is 0. The highest BCUT2D eigenvalue weighted by molar-refractivity contribution is 7.99. The molecule has 0 saturated heterocycles. The zero-order valence-electron chi connectivity index (χ0n) is 19.3. The molecule has 6 nitrogen and oxygen atoms in total. The van der Waals surface area contributed by atoms with Crippen molar-refractivity contribution in [3.8, 4) is 11.8 Å². The predicted octanol–water partition coefficient (Wildman–Crippen LogP) is 4.89. The van der Waals surface area contributed by atoms with Crippen LogP contribution < -0.4 is 5.56 Å². The molecule has 1 amide bonds. The lowest BCUT2D eigenvalue weighted by molar-refractivity contribution is -0.129. The van der Waals surface area contributed by atoms with Gasteiger partial charge in [0.05, 0.1) is 40.0 Å². The van der Waals surface area contributed by atoms with E-state index in [0.717, 1.165) is 19.3 Å². The molecule has 174 valence electrons. The number of nitrogens with zero attached hydrogens (tertiary/aromatic N) is 4. The quantitative estimate of drug-likeness (QED) is 0.300. The first kappa shape index (κ1) is 22.9. The van der Waals surface area contributed by atoms with Crippen molar-refractivity contribution in [2.75, 3.05) is 12.8 Å². The number of benzene rings is 3. The second-order valence-corrected chi connectivity index (χ2v) is 9.55. The Morgan fingerprint density at radius 3 is 2.66 bits per heavy atom. The molecule has 5 rings (SSSR count). The van der Waals surface area contributed by atoms with Gasteiger partial charge in [0.2, 0.25) is 5.91 Å². The SMILES string of the molecule is CN(C(=O)CSc1nc2ccccc2c(=O)n1-c1ccc(C#N)cc1)C1CCCc2ccccc21. The number of para-hydroxylation sites is 1. The Hall–Kier alpha value is -3.89. The van der Waals surface area contributed by atoms with Crippen molar-refractivity contribution in [1.29, 1.82) is 5.26 Å². The Morgan fingerprint density at radius 2 is 1.86 bits per heavy atom. The average Bonchev–Trinajstić information content (AvgIpc) is 2.91. The molecule has 1 unspecified atom stereocenters. The molecular formula is C28H24N4O2S. The molecule has 1 aliphatic rings. The summed E-state index contributed by atoms with van der Waals surface area (Å²) in [5.41, 5.74) is 4.03. The van der Waals surface area contributed by atoms with Crippen LogP contribution in [0.4, 0.5) is 0 Å². The molecule has 35 heavy (non-hydrogen) atoms. The van der Waals surface area contributed by atoms with E-state index >= 15 is 0 Å². The molecule has 0 saturated carbocycles. The summed E-state index contributed by atoms with van der Waals surface area (Å²) in [5.74, 6) is 0.154. The van der Waals surface area contributed by atoms with Crippen molar-refractivity contribution in [2.24, 2.45) is 0 Å². The van der Waals surface area contributed by atoms with Gasteiger partial charge in [-0.15, -0.1) is 0 Å². The highest BCUT2D eigenvalue weighted by Gasteiger charge is 2.27. The first-order valence-corrected chi connectivity index (χ1v) is 12.5. The van der Waals surface area contributed by atoms with Crippen LogP contribution in [-0.4, -0.2) is 33.2 Å². The van der Waals surface area contributed by atoms with Crippen LogP contribution in [-0.2, 0) is 11.2 Å².